The highest BCUT2D eigenvalue weighted by atomic mass is 35.5. The first kappa shape index (κ1) is 17.0. The van der Waals surface area contributed by atoms with Gasteiger partial charge >= 0.3 is 5.97 Å². The average molecular weight is 350 g/mol. The number of imidazole rings is 1. The lowest BCUT2D eigenvalue weighted by Gasteiger charge is -2.34. The van der Waals surface area contributed by atoms with Gasteiger partial charge in [-0.15, -0.1) is 0 Å². The van der Waals surface area contributed by atoms with Gasteiger partial charge in [0.2, 0.25) is 0 Å². The zero-order valence-corrected chi connectivity index (χ0v) is 14.4. The molecular weight excluding hydrogens is 330 g/mol. The fraction of sp³-hybridized carbons (Fsp3) is 0.412. The van der Waals surface area contributed by atoms with Crippen LogP contribution in [-0.2, 0) is 26.5 Å². The van der Waals surface area contributed by atoms with Crippen LogP contribution in [0, 0.1) is 0 Å². The van der Waals surface area contributed by atoms with Crippen LogP contribution in [0.1, 0.15) is 18.9 Å². The molecule has 1 aliphatic rings. The van der Waals surface area contributed by atoms with E-state index >= 15 is 0 Å². The van der Waals surface area contributed by atoms with Crippen LogP contribution < -0.4 is 0 Å². The van der Waals surface area contributed by atoms with Crippen LogP contribution in [0.15, 0.2) is 43.0 Å². The second-order valence-electron chi connectivity index (χ2n) is 5.82. The second kappa shape index (κ2) is 6.93. The first-order valence-corrected chi connectivity index (χ1v) is 8.22. The third kappa shape index (κ3) is 3.17. The molecule has 0 bridgehead atoms. The minimum Gasteiger partial charge on any atom is -0.464 e. The molecule has 3 rings (SSSR count). The number of hydroxylamine groups is 2. The Labute approximate surface area is 145 Å². The van der Waals surface area contributed by atoms with Crippen molar-refractivity contribution in [2.45, 2.75) is 31.5 Å². The fourth-order valence-corrected chi connectivity index (χ4v) is 3.25. The Hall–Kier alpha value is -1.89. The first-order valence-electron chi connectivity index (χ1n) is 7.84. The summed E-state index contributed by atoms with van der Waals surface area (Å²) in [5, 5.41) is 2.41. The number of aromatic nitrogens is 2. The van der Waals surface area contributed by atoms with Crippen molar-refractivity contribution < 1.29 is 14.4 Å². The molecule has 0 amide bonds. The Morgan fingerprint density at radius 3 is 2.83 bits per heavy atom. The summed E-state index contributed by atoms with van der Waals surface area (Å²) in [6.07, 6.45) is 5.23. The quantitative estimate of drug-likeness (QED) is 0.777. The van der Waals surface area contributed by atoms with E-state index in [0.29, 0.717) is 24.6 Å². The van der Waals surface area contributed by atoms with E-state index in [9.17, 15) is 4.79 Å². The molecule has 0 spiro atoms. The van der Waals surface area contributed by atoms with E-state index in [1.54, 1.807) is 24.5 Å². The van der Waals surface area contributed by atoms with Gasteiger partial charge < -0.3 is 9.30 Å². The molecule has 0 aliphatic carbocycles. The monoisotopic (exact) mass is 349 g/mol. The van der Waals surface area contributed by atoms with Crippen LogP contribution in [-0.4, -0.2) is 40.3 Å². The molecule has 6 nitrogen and oxygen atoms in total. The van der Waals surface area contributed by atoms with Crippen molar-refractivity contribution in [3.8, 4) is 0 Å². The molecule has 128 valence electrons. The summed E-state index contributed by atoms with van der Waals surface area (Å²) in [6, 6.07) is 7.62. The maximum Gasteiger partial charge on any atom is 0.337 e. The number of benzene rings is 1. The van der Waals surface area contributed by atoms with Crippen LogP contribution in [0.3, 0.4) is 0 Å². The van der Waals surface area contributed by atoms with E-state index in [2.05, 4.69) is 4.98 Å². The number of carbonyl (C=O) groups is 1. The molecule has 2 unspecified atom stereocenters. The van der Waals surface area contributed by atoms with Gasteiger partial charge in [0.15, 0.2) is 6.10 Å². The molecule has 0 N–H and O–H groups in total. The summed E-state index contributed by atoms with van der Waals surface area (Å²) >= 11 is 6.03. The molecule has 0 saturated carbocycles. The largest absolute Gasteiger partial charge is 0.464 e. The molecule has 24 heavy (non-hydrogen) atoms. The molecule has 1 aromatic carbocycles. The fourth-order valence-electron chi connectivity index (χ4n) is 3.12. The minimum atomic E-state index is -0.630. The lowest BCUT2D eigenvalue weighted by molar-refractivity contribution is -0.193. The van der Waals surface area contributed by atoms with Gasteiger partial charge in [-0.1, -0.05) is 23.7 Å². The third-order valence-electron chi connectivity index (χ3n) is 4.35. The Balaban J connectivity index is 1.96. The number of hydrogen-bond donors (Lipinski definition) is 0. The van der Waals surface area contributed by atoms with Crippen molar-refractivity contribution in [3.05, 3.63) is 53.6 Å². The number of halogens is 1. The van der Waals surface area contributed by atoms with E-state index in [4.69, 9.17) is 21.2 Å². The standard InChI is InChI=1S/C17H20ClN3O3/c1-3-23-16(22)15-10-17(20(2)24-15,11-21-9-8-19-12-21)13-4-6-14(18)7-5-13/h4-9,12,15H,3,10-11H2,1-2H3. The van der Waals surface area contributed by atoms with Crippen molar-refractivity contribution in [2.24, 2.45) is 0 Å². The van der Waals surface area contributed by atoms with E-state index in [1.807, 2.05) is 42.1 Å². The van der Waals surface area contributed by atoms with Gasteiger partial charge in [-0.25, -0.2) is 9.78 Å². The Kier molecular flexibility index (Phi) is 4.89. The summed E-state index contributed by atoms with van der Waals surface area (Å²) in [4.78, 5) is 22.1. The van der Waals surface area contributed by atoms with Crippen LogP contribution in [0.4, 0.5) is 0 Å². The number of nitrogens with zero attached hydrogens (tertiary/aromatic N) is 3. The molecule has 1 fully saturated rings. The van der Waals surface area contributed by atoms with E-state index < -0.39 is 11.6 Å². The van der Waals surface area contributed by atoms with E-state index in [0.717, 1.165) is 5.56 Å². The van der Waals surface area contributed by atoms with Crippen molar-refractivity contribution in [2.75, 3.05) is 13.7 Å². The molecule has 2 heterocycles. The summed E-state index contributed by atoms with van der Waals surface area (Å²) < 4.78 is 7.10. The topological polar surface area (TPSA) is 56.6 Å². The van der Waals surface area contributed by atoms with Gasteiger partial charge in [0.25, 0.3) is 0 Å². The first-order chi connectivity index (χ1) is 11.5. The van der Waals surface area contributed by atoms with Crippen molar-refractivity contribution in [3.63, 3.8) is 0 Å². The molecule has 7 heteroatoms. The lowest BCUT2D eigenvalue weighted by atomic mass is 9.85. The van der Waals surface area contributed by atoms with Crippen LogP contribution >= 0.6 is 11.6 Å². The van der Waals surface area contributed by atoms with Crippen LogP contribution in [0.2, 0.25) is 5.02 Å². The highest BCUT2D eigenvalue weighted by molar-refractivity contribution is 6.30. The summed E-state index contributed by atoms with van der Waals surface area (Å²) in [6.45, 7) is 2.72. The van der Waals surface area contributed by atoms with Gasteiger partial charge in [-0.3, -0.25) is 4.84 Å². The van der Waals surface area contributed by atoms with E-state index in [1.165, 1.54) is 0 Å². The predicted octanol–water partition coefficient (Wildman–Crippen LogP) is 2.63. The van der Waals surface area contributed by atoms with E-state index in [-0.39, 0.29) is 5.97 Å². The molecule has 1 aliphatic heterocycles. The smallest absolute Gasteiger partial charge is 0.337 e. The average Bonchev–Trinajstić information content (AvgIpc) is 3.18. The Morgan fingerprint density at radius 1 is 1.46 bits per heavy atom. The zero-order valence-electron chi connectivity index (χ0n) is 13.7. The third-order valence-corrected chi connectivity index (χ3v) is 4.60. The van der Waals surface area contributed by atoms with Gasteiger partial charge in [-0.05, 0) is 24.6 Å². The number of likely N-dealkylation sites (N-methyl/N-ethyl adjacent to an activating group) is 1. The molecule has 0 radical (unpaired) electrons. The van der Waals surface area contributed by atoms with Gasteiger partial charge in [-0.2, -0.15) is 5.06 Å². The van der Waals surface area contributed by atoms with Crippen molar-refractivity contribution >= 4 is 17.6 Å². The molecule has 1 saturated heterocycles. The number of esters is 1. The molecular formula is C17H20ClN3O3. The van der Waals surface area contributed by atoms with Gasteiger partial charge in [0.1, 0.15) is 0 Å². The molecule has 2 atom stereocenters. The highest BCUT2D eigenvalue weighted by Crippen LogP contribution is 2.41. The molecule has 2 aromatic rings. The van der Waals surface area contributed by atoms with Crippen LogP contribution in [0.25, 0.3) is 0 Å². The lowest BCUT2D eigenvalue weighted by Crippen LogP contribution is -2.41. The number of hydrogen-bond acceptors (Lipinski definition) is 5. The maximum atomic E-state index is 12.2. The second-order valence-corrected chi connectivity index (χ2v) is 6.26. The Morgan fingerprint density at radius 2 is 2.21 bits per heavy atom. The van der Waals surface area contributed by atoms with Crippen molar-refractivity contribution in [1.82, 2.24) is 14.6 Å². The van der Waals surface area contributed by atoms with Crippen LogP contribution in [0.5, 0.6) is 0 Å². The SMILES string of the molecule is CCOC(=O)C1CC(Cn2ccnc2)(c2ccc(Cl)cc2)N(C)O1. The Bertz CT molecular complexity index is 690. The van der Waals surface area contributed by atoms with Gasteiger partial charge in [0.05, 0.1) is 18.5 Å². The zero-order chi connectivity index (χ0) is 17.2. The van der Waals surface area contributed by atoms with Crippen molar-refractivity contribution in [1.29, 1.82) is 0 Å². The molecule has 1 aromatic heterocycles. The number of ether oxygens (including phenoxy) is 1. The minimum absolute atomic E-state index is 0.331. The predicted molar refractivity (Wildman–Crippen MR) is 89.2 cm³/mol. The highest BCUT2D eigenvalue weighted by Gasteiger charge is 2.49. The maximum absolute atomic E-state index is 12.2. The normalized spacial score (nSPS) is 24.2. The summed E-state index contributed by atoms with van der Waals surface area (Å²) in [5.41, 5.74) is 0.512. The number of rotatable bonds is 5. The summed E-state index contributed by atoms with van der Waals surface area (Å²) in [7, 11) is 1.84. The van der Waals surface area contributed by atoms with Gasteiger partial charge in [0, 0.05) is 37.4 Å². The number of carbonyl (C=O) groups excluding carboxylic acids is 1. The summed E-state index contributed by atoms with van der Waals surface area (Å²) in [5.74, 6) is -0.342.